The summed E-state index contributed by atoms with van der Waals surface area (Å²) in [6, 6.07) is 16.2. The number of piperidine rings is 2. The van der Waals surface area contributed by atoms with Crippen LogP contribution in [-0.2, 0) is 9.59 Å². The molecule has 42 heavy (non-hydrogen) atoms. The standard InChI is InChI=1S/C34H46Cl2N4O2/c1-37(2)33(42)34(40-17-8-5-9-18-40)15-20-39(21-16-34)19-14-27(26-12-13-30(35)31(36)22-26)24-38(3)32(41)29-23-28(29)25-10-6-4-7-11-25/h4,6-7,10-13,22,27-29H,5,8-9,14-21,23-24H2,1-3H3. The van der Waals surface area contributed by atoms with E-state index in [-0.39, 0.29) is 29.2 Å². The Morgan fingerprint density at radius 3 is 2.26 bits per heavy atom. The molecule has 228 valence electrons. The number of nitrogens with zero attached hydrogens (tertiary/aromatic N) is 4. The highest BCUT2D eigenvalue weighted by atomic mass is 35.5. The zero-order valence-electron chi connectivity index (χ0n) is 25.4. The lowest BCUT2D eigenvalue weighted by atomic mass is 9.82. The quantitative estimate of drug-likeness (QED) is 0.323. The van der Waals surface area contributed by atoms with E-state index in [0.29, 0.717) is 22.5 Å². The van der Waals surface area contributed by atoms with E-state index in [4.69, 9.17) is 23.2 Å². The molecule has 0 bridgehead atoms. The lowest BCUT2D eigenvalue weighted by molar-refractivity contribution is -0.147. The number of hydrogen-bond donors (Lipinski definition) is 0. The van der Waals surface area contributed by atoms with Crippen molar-refractivity contribution in [2.24, 2.45) is 5.92 Å². The van der Waals surface area contributed by atoms with Crippen LogP contribution >= 0.6 is 23.2 Å². The third kappa shape index (κ3) is 6.99. The third-order valence-electron chi connectivity index (χ3n) is 9.86. The SMILES string of the molecule is CN(C)C(=O)C1(N2CCCCC2)CCN(CCC(CN(C)C(=O)C2CC2c2ccccc2)c2ccc(Cl)c(Cl)c2)CC1. The van der Waals surface area contributed by atoms with E-state index in [0.717, 1.165) is 64.0 Å². The van der Waals surface area contributed by atoms with Crippen LogP contribution in [0.5, 0.6) is 0 Å². The summed E-state index contributed by atoms with van der Waals surface area (Å²) in [4.78, 5) is 35.7. The Bertz CT molecular complexity index is 1230. The second-order valence-electron chi connectivity index (χ2n) is 12.9. The minimum Gasteiger partial charge on any atom is -0.347 e. The van der Waals surface area contributed by atoms with E-state index in [9.17, 15) is 9.59 Å². The van der Waals surface area contributed by atoms with Gasteiger partial charge in [0.1, 0.15) is 5.54 Å². The molecule has 3 atom stereocenters. The molecule has 8 heteroatoms. The molecule has 2 saturated heterocycles. The van der Waals surface area contributed by atoms with Crippen LogP contribution in [0.1, 0.15) is 67.9 Å². The molecular formula is C34H46Cl2N4O2. The van der Waals surface area contributed by atoms with Crippen molar-refractivity contribution in [3.05, 3.63) is 69.7 Å². The van der Waals surface area contributed by atoms with Crippen molar-refractivity contribution in [3.63, 3.8) is 0 Å². The normalized spacial score (nSPS) is 23.3. The Hall–Kier alpha value is -2.12. The maximum Gasteiger partial charge on any atom is 0.242 e. The van der Waals surface area contributed by atoms with Crippen LogP contribution in [0.25, 0.3) is 0 Å². The molecule has 0 aromatic heterocycles. The van der Waals surface area contributed by atoms with Gasteiger partial charge in [0.15, 0.2) is 0 Å². The first-order valence-corrected chi connectivity index (χ1v) is 16.4. The van der Waals surface area contributed by atoms with Crippen LogP contribution in [0.2, 0.25) is 10.0 Å². The van der Waals surface area contributed by atoms with Crippen LogP contribution in [-0.4, -0.2) is 97.4 Å². The van der Waals surface area contributed by atoms with Crippen molar-refractivity contribution >= 4 is 35.0 Å². The van der Waals surface area contributed by atoms with Gasteiger partial charge in [0.25, 0.3) is 0 Å². The van der Waals surface area contributed by atoms with E-state index < -0.39 is 0 Å². The molecule has 0 N–H and O–H groups in total. The minimum atomic E-state index is -0.379. The summed E-state index contributed by atoms with van der Waals surface area (Å²) in [5.41, 5.74) is 1.99. The summed E-state index contributed by atoms with van der Waals surface area (Å²) < 4.78 is 0. The number of carbonyl (C=O) groups is 2. The first kappa shape index (κ1) is 31.3. The maximum absolute atomic E-state index is 13.5. The van der Waals surface area contributed by atoms with Crippen LogP contribution in [0.4, 0.5) is 0 Å². The molecule has 3 aliphatic rings. The first-order chi connectivity index (χ1) is 20.2. The molecule has 2 aromatic carbocycles. The van der Waals surface area contributed by atoms with Crippen LogP contribution in [0, 0.1) is 5.92 Å². The highest BCUT2D eigenvalue weighted by molar-refractivity contribution is 6.42. The number of halogens is 2. The monoisotopic (exact) mass is 612 g/mol. The third-order valence-corrected chi connectivity index (χ3v) is 10.6. The summed E-state index contributed by atoms with van der Waals surface area (Å²) in [5, 5.41) is 1.09. The minimum absolute atomic E-state index is 0.0612. The zero-order valence-corrected chi connectivity index (χ0v) is 26.9. The number of amides is 2. The zero-order chi connectivity index (χ0) is 29.9. The average Bonchev–Trinajstić information content (AvgIpc) is 3.82. The molecule has 2 aromatic rings. The molecule has 0 spiro atoms. The Kier molecular flexibility index (Phi) is 10.2. The summed E-state index contributed by atoms with van der Waals surface area (Å²) in [6.07, 6.45) is 7.16. The van der Waals surface area contributed by atoms with Gasteiger partial charge < -0.3 is 14.7 Å². The van der Waals surface area contributed by atoms with Gasteiger partial charge in [-0.15, -0.1) is 0 Å². The van der Waals surface area contributed by atoms with Crippen LogP contribution in [0.15, 0.2) is 48.5 Å². The molecule has 5 rings (SSSR count). The van der Waals surface area contributed by atoms with Gasteiger partial charge in [-0.2, -0.15) is 0 Å². The predicted molar refractivity (Wildman–Crippen MR) is 171 cm³/mol. The van der Waals surface area contributed by atoms with Crippen molar-refractivity contribution in [1.82, 2.24) is 19.6 Å². The highest BCUT2D eigenvalue weighted by Gasteiger charge is 2.47. The fourth-order valence-electron chi connectivity index (χ4n) is 7.26. The first-order valence-electron chi connectivity index (χ1n) is 15.6. The molecule has 2 heterocycles. The Labute approximate surface area is 261 Å². The Morgan fingerprint density at radius 2 is 1.62 bits per heavy atom. The van der Waals surface area contributed by atoms with Gasteiger partial charge >= 0.3 is 0 Å². The number of hydrogen-bond acceptors (Lipinski definition) is 4. The molecule has 3 fully saturated rings. The van der Waals surface area contributed by atoms with Crippen molar-refractivity contribution in [2.75, 3.05) is 60.4 Å². The number of benzene rings is 2. The van der Waals surface area contributed by atoms with Gasteiger partial charge in [0.2, 0.25) is 11.8 Å². The van der Waals surface area contributed by atoms with Gasteiger partial charge in [-0.05, 0) is 87.3 Å². The van der Waals surface area contributed by atoms with Gasteiger partial charge in [-0.1, -0.05) is 66.0 Å². The summed E-state index contributed by atoms with van der Waals surface area (Å²) in [5.74, 6) is 1.00. The number of carbonyl (C=O) groups excluding carboxylic acids is 2. The van der Waals surface area contributed by atoms with Gasteiger partial charge in [-0.3, -0.25) is 14.5 Å². The second kappa shape index (κ2) is 13.7. The van der Waals surface area contributed by atoms with E-state index in [1.54, 1.807) is 4.90 Å². The topological polar surface area (TPSA) is 47.1 Å². The van der Waals surface area contributed by atoms with E-state index in [1.165, 1.54) is 24.8 Å². The van der Waals surface area contributed by atoms with E-state index >= 15 is 0 Å². The van der Waals surface area contributed by atoms with Crippen molar-refractivity contribution < 1.29 is 9.59 Å². The molecule has 1 aliphatic carbocycles. The Balaban J connectivity index is 1.23. The number of likely N-dealkylation sites (tertiary alicyclic amines) is 2. The highest BCUT2D eigenvalue weighted by Crippen LogP contribution is 2.48. The van der Waals surface area contributed by atoms with Gasteiger partial charge in [-0.25, -0.2) is 0 Å². The van der Waals surface area contributed by atoms with E-state index in [2.05, 4.69) is 28.0 Å². The van der Waals surface area contributed by atoms with Gasteiger partial charge in [0, 0.05) is 52.6 Å². The van der Waals surface area contributed by atoms with Crippen molar-refractivity contribution in [1.29, 1.82) is 0 Å². The maximum atomic E-state index is 13.5. The van der Waals surface area contributed by atoms with Crippen LogP contribution in [0.3, 0.4) is 0 Å². The molecule has 2 aliphatic heterocycles. The van der Waals surface area contributed by atoms with Crippen molar-refractivity contribution in [2.45, 2.75) is 62.3 Å². The van der Waals surface area contributed by atoms with Gasteiger partial charge in [0.05, 0.1) is 10.0 Å². The predicted octanol–water partition coefficient (Wildman–Crippen LogP) is 6.14. The second-order valence-corrected chi connectivity index (χ2v) is 13.7. The summed E-state index contributed by atoms with van der Waals surface area (Å²) in [7, 11) is 5.72. The van der Waals surface area contributed by atoms with Crippen molar-refractivity contribution in [3.8, 4) is 0 Å². The van der Waals surface area contributed by atoms with E-state index in [1.807, 2.05) is 56.4 Å². The number of likely N-dealkylation sites (N-methyl/N-ethyl adjacent to an activating group) is 2. The fraction of sp³-hybridized carbons (Fsp3) is 0.588. The lowest BCUT2D eigenvalue weighted by Crippen LogP contribution is -2.64. The lowest BCUT2D eigenvalue weighted by Gasteiger charge is -2.50. The summed E-state index contributed by atoms with van der Waals surface area (Å²) in [6.45, 7) is 5.39. The smallest absolute Gasteiger partial charge is 0.242 e. The molecular weight excluding hydrogens is 567 g/mol. The molecule has 3 unspecified atom stereocenters. The Morgan fingerprint density at radius 1 is 0.929 bits per heavy atom. The molecule has 0 radical (unpaired) electrons. The molecule has 6 nitrogen and oxygen atoms in total. The largest absolute Gasteiger partial charge is 0.347 e. The molecule has 1 saturated carbocycles. The van der Waals surface area contributed by atoms with Crippen LogP contribution < -0.4 is 0 Å². The summed E-state index contributed by atoms with van der Waals surface area (Å²) >= 11 is 12.7. The molecule has 2 amide bonds. The fourth-order valence-corrected chi connectivity index (χ4v) is 7.56. The number of rotatable bonds is 10. The average molecular weight is 614 g/mol.